The minimum Gasteiger partial charge on any atom is -0.354 e. The monoisotopic (exact) mass is 437 g/mol. The summed E-state index contributed by atoms with van der Waals surface area (Å²) >= 11 is 12.6. The van der Waals surface area contributed by atoms with Gasteiger partial charge in [-0.1, -0.05) is 59.6 Å². The third-order valence-corrected chi connectivity index (χ3v) is 6.71. The molecule has 2 aromatic carbocycles. The predicted molar refractivity (Wildman–Crippen MR) is 122 cm³/mol. The third-order valence-electron chi connectivity index (χ3n) is 5.97. The molecule has 30 heavy (non-hydrogen) atoms. The number of rotatable bonds is 3. The van der Waals surface area contributed by atoms with Crippen LogP contribution in [0, 0.1) is 5.92 Å². The van der Waals surface area contributed by atoms with E-state index in [0.29, 0.717) is 10.0 Å². The molecule has 3 aromatic rings. The van der Waals surface area contributed by atoms with Crippen LogP contribution in [-0.2, 0) is 0 Å². The molecule has 0 radical (unpaired) electrons. The second-order valence-electron chi connectivity index (χ2n) is 7.72. The summed E-state index contributed by atoms with van der Waals surface area (Å²) in [5, 5.41) is 5.66. The molecule has 5 rings (SSSR count). The molecule has 3 atom stereocenters. The van der Waals surface area contributed by atoms with Crippen LogP contribution in [0.1, 0.15) is 30.1 Å². The molecule has 2 aliphatic rings. The lowest BCUT2D eigenvalue weighted by Crippen LogP contribution is -2.42. The van der Waals surface area contributed by atoms with Crippen LogP contribution in [-0.4, -0.2) is 39.8 Å². The smallest absolute Gasteiger partial charge is 0.150 e. The zero-order valence-electron chi connectivity index (χ0n) is 16.7. The maximum atomic E-state index is 6.38. The van der Waals surface area contributed by atoms with Crippen molar-refractivity contribution in [3.63, 3.8) is 0 Å². The van der Waals surface area contributed by atoms with E-state index in [4.69, 9.17) is 33.2 Å². The van der Waals surface area contributed by atoms with Crippen molar-refractivity contribution in [2.75, 3.05) is 13.6 Å². The molecule has 2 aliphatic heterocycles. The summed E-state index contributed by atoms with van der Waals surface area (Å²) in [5.41, 5.74) is 3.31. The number of aliphatic imine (C=N–C) groups is 2. The van der Waals surface area contributed by atoms with E-state index in [1.807, 2.05) is 35.0 Å². The summed E-state index contributed by atoms with van der Waals surface area (Å²) < 4.78 is 1.96. The molecule has 5 nitrogen and oxygen atoms in total. The van der Waals surface area contributed by atoms with Gasteiger partial charge in [-0.15, -0.1) is 0 Å². The number of halogens is 2. The molecule has 0 aliphatic carbocycles. The minimum absolute atomic E-state index is 0.0478. The highest BCUT2D eigenvalue weighted by molar-refractivity contribution is 6.42. The van der Waals surface area contributed by atoms with Crippen LogP contribution in [0.15, 0.2) is 70.8 Å². The number of likely N-dealkylation sites (N-methyl/N-ethyl adjacent to an activating group) is 1. The number of amidine groups is 1. The molecule has 0 fully saturated rings. The second kappa shape index (κ2) is 7.56. The molecule has 0 amide bonds. The molecule has 3 unspecified atom stereocenters. The number of hydrogen-bond acceptors (Lipinski definition) is 4. The van der Waals surface area contributed by atoms with E-state index in [0.717, 1.165) is 29.5 Å². The number of nitrogens with zero attached hydrogens (tertiary/aromatic N) is 5. The standard InChI is InChI=1S/C23H21Cl2N5/c1-14-21(23-26-13-19(29(23)2)15-6-4-3-5-7-15)22(30-20(28-14)10-11-27-30)16-8-9-17(24)18(25)12-16/h3-12,19,21-22H,13H2,1-2H3. The molecule has 1 aromatic heterocycles. The minimum atomic E-state index is -0.0991. The van der Waals surface area contributed by atoms with Gasteiger partial charge in [0, 0.05) is 18.8 Å². The van der Waals surface area contributed by atoms with Crippen molar-refractivity contribution in [1.82, 2.24) is 14.7 Å². The van der Waals surface area contributed by atoms with Crippen LogP contribution in [0.2, 0.25) is 10.0 Å². The normalized spacial score (nSPS) is 23.2. The second-order valence-corrected chi connectivity index (χ2v) is 8.53. The molecule has 3 heterocycles. The Morgan fingerprint density at radius 3 is 2.53 bits per heavy atom. The van der Waals surface area contributed by atoms with Gasteiger partial charge in [-0.25, -0.2) is 9.67 Å². The average molecular weight is 438 g/mol. The fourth-order valence-electron chi connectivity index (χ4n) is 4.48. The van der Waals surface area contributed by atoms with Gasteiger partial charge in [0.1, 0.15) is 5.84 Å². The lowest BCUT2D eigenvalue weighted by atomic mass is 9.86. The molecule has 0 spiro atoms. The fourth-order valence-corrected chi connectivity index (χ4v) is 4.79. The predicted octanol–water partition coefficient (Wildman–Crippen LogP) is 5.59. The molecular formula is C23H21Cl2N5. The highest BCUT2D eigenvalue weighted by atomic mass is 35.5. The van der Waals surface area contributed by atoms with Crippen LogP contribution in [0.5, 0.6) is 0 Å². The lowest BCUT2D eigenvalue weighted by Gasteiger charge is -2.36. The molecule has 0 saturated carbocycles. The maximum absolute atomic E-state index is 6.38. The first kappa shape index (κ1) is 19.3. The zero-order valence-corrected chi connectivity index (χ0v) is 18.2. The maximum Gasteiger partial charge on any atom is 0.150 e. The van der Waals surface area contributed by atoms with Gasteiger partial charge in [0.2, 0.25) is 0 Å². The molecule has 152 valence electrons. The van der Waals surface area contributed by atoms with Crippen molar-refractivity contribution in [2.45, 2.75) is 19.0 Å². The van der Waals surface area contributed by atoms with E-state index in [1.165, 1.54) is 5.56 Å². The highest BCUT2D eigenvalue weighted by Crippen LogP contribution is 2.41. The lowest BCUT2D eigenvalue weighted by molar-refractivity contribution is 0.386. The molecular weight excluding hydrogens is 417 g/mol. The Kier molecular flexibility index (Phi) is 4.88. The van der Waals surface area contributed by atoms with E-state index in [2.05, 4.69) is 48.2 Å². The fraction of sp³-hybridized carbons (Fsp3) is 0.261. The van der Waals surface area contributed by atoms with Crippen LogP contribution in [0.3, 0.4) is 0 Å². The molecule has 0 saturated heterocycles. The van der Waals surface area contributed by atoms with E-state index < -0.39 is 0 Å². The van der Waals surface area contributed by atoms with Gasteiger partial charge in [-0.05, 0) is 30.2 Å². The first-order valence-electron chi connectivity index (χ1n) is 9.90. The zero-order chi connectivity index (χ0) is 20.8. The first-order chi connectivity index (χ1) is 14.5. The Morgan fingerprint density at radius 2 is 1.77 bits per heavy atom. The van der Waals surface area contributed by atoms with Crippen LogP contribution < -0.4 is 0 Å². The summed E-state index contributed by atoms with van der Waals surface area (Å²) in [6, 6.07) is 18.3. The topological polar surface area (TPSA) is 45.8 Å². The van der Waals surface area contributed by atoms with Crippen molar-refractivity contribution in [2.24, 2.45) is 15.9 Å². The average Bonchev–Trinajstić information content (AvgIpc) is 3.36. The van der Waals surface area contributed by atoms with Gasteiger partial charge in [-0.3, -0.25) is 4.99 Å². The van der Waals surface area contributed by atoms with Gasteiger partial charge < -0.3 is 4.90 Å². The molecule has 0 N–H and O–H groups in total. The third kappa shape index (κ3) is 3.13. The number of aromatic nitrogens is 2. The van der Waals surface area contributed by atoms with E-state index in [1.54, 1.807) is 6.20 Å². The van der Waals surface area contributed by atoms with Gasteiger partial charge in [0.15, 0.2) is 5.82 Å². The summed E-state index contributed by atoms with van der Waals surface area (Å²) in [6.45, 7) is 2.79. The number of hydrogen-bond donors (Lipinski definition) is 0. The van der Waals surface area contributed by atoms with Gasteiger partial charge in [-0.2, -0.15) is 5.10 Å². The van der Waals surface area contributed by atoms with Crippen molar-refractivity contribution >= 4 is 40.6 Å². The van der Waals surface area contributed by atoms with Crippen LogP contribution in [0.25, 0.3) is 0 Å². The van der Waals surface area contributed by atoms with Gasteiger partial charge >= 0.3 is 0 Å². The summed E-state index contributed by atoms with van der Waals surface area (Å²) in [4.78, 5) is 12.1. The van der Waals surface area contributed by atoms with E-state index in [9.17, 15) is 0 Å². The van der Waals surface area contributed by atoms with Gasteiger partial charge in [0.05, 0.1) is 40.8 Å². The summed E-state index contributed by atoms with van der Waals surface area (Å²) in [5.74, 6) is 1.80. The van der Waals surface area contributed by atoms with Crippen molar-refractivity contribution in [1.29, 1.82) is 0 Å². The van der Waals surface area contributed by atoms with Crippen LogP contribution in [0.4, 0.5) is 5.82 Å². The highest BCUT2D eigenvalue weighted by Gasteiger charge is 2.41. The van der Waals surface area contributed by atoms with Gasteiger partial charge in [0.25, 0.3) is 0 Å². The first-order valence-corrected chi connectivity index (χ1v) is 10.7. The van der Waals surface area contributed by atoms with Crippen molar-refractivity contribution in [3.05, 3.63) is 82.0 Å². The number of fused-ring (bicyclic) bond motifs is 1. The Balaban J connectivity index is 1.58. The van der Waals surface area contributed by atoms with E-state index >= 15 is 0 Å². The largest absolute Gasteiger partial charge is 0.354 e. The van der Waals surface area contributed by atoms with Crippen molar-refractivity contribution in [3.8, 4) is 0 Å². The SMILES string of the molecule is CC1=Nc2ccnn2C(c2ccc(Cl)c(Cl)c2)C1C1=NCC(c2ccccc2)N1C. The Morgan fingerprint density at radius 1 is 0.967 bits per heavy atom. The molecule has 0 bridgehead atoms. The number of benzene rings is 2. The Labute approximate surface area is 185 Å². The Bertz CT molecular complexity index is 1150. The summed E-state index contributed by atoms with van der Waals surface area (Å²) in [6.07, 6.45) is 1.78. The van der Waals surface area contributed by atoms with Crippen LogP contribution >= 0.6 is 23.2 Å². The summed E-state index contributed by atoms with van der Waals surface area (Å²) in [7, 11) is 2.11. The Hall–Kier alpha value is -2.63. The van der Waals surface area contributed by atoms with Crippen molar-refractivity contribution < 1.29 is 0 Å². The quantitative estimate of drug-likeness (QED) is 0.536. The van der Waals surface area contributed by atoms with E-state index in [-0.39, 0.29) is 18.0 Å². The molecule has 7 heteroatoms.